The molecule has 8 nitrogen and oxygen atoms in total. The predicted octanol–water partition coefficient (Wildman–Crippen LogP) is 1.01. The van der Waals surface area contributed by atoms with Crippen LogP contribution in [0.1, 0.15) is 18.9 Å². The van der Waals surface area contributed by atoms with Gasteiger partial charge in [0.15, 0.2) is 11.1 Å². The van der Waals surface area contributed by atoms with E-state index < -0.39 is 0 Å². The minimum atomic E-state index is -0.255. The molecule has 0 atom stereocenters. The number of aryl methyl sites for hydroxylation is 1. The summed E-state index contributed by atoms with van der Waals surface area (Å²) in [6.07, 6.45) is 4.41. The number of nitrogens with one attached hydrogen (secondary N) is 2. The molecular formula is C17H24N6O2S. The van der Waals surface area contributed by atoms with Gasteiger partial charge < -0.3 is 22.1 Å². The largest absolute Gasteiger partial charge is 0.370 e. The van der Waals surface area contributed by atoms with E-state index in [0.717, 1.165) is 5.56 Å². The second kappa shape index (κ2) is 10.9. The van der Waals surface area contributed by atoms with Crippen molar-refractivity contribution in [1.29, 1.82) is 0 Å². The lowest BCUT2D eigenvalue weighted by molar-refractivity contribution is -0.117. The average Bonchev–Trinajstić information content (AvgIpc) is 2.59. The number of benzene rings is 1. The van der Waals surface area contributed by atoms with Crippen LogP contribution in [0.25, 0.3) is 0 Å². The van der Waals surface area contributed by atoms with E-state index in [2.05, 4.69) is 20.6 Å². The molecule has 0 saturated heterocycles. The smallest absolute Gasteiger partial charge is 0.245 e. The van der Waals surface area contributed by atoms with Crippen LogP contribution in [0, 0.1) is 0 Å². The number of nitrogens with zero attached hydrogens (tertiary/aromatic N) is 2. The van der Waals surface area contributed by atoms with Crippen LogP contribution in [-0.2, 0) is 16.0 Å². The highest BCUT2D eigenvalue weighted by Gasteiger charge is 2.06. The SMILES string of the molecule is CNC(=O)/C=C(\CCc1ccc(N=C(N)N)cc1)N=C(NC(C)=O)SC. The Morgan fingerprint density at radius 2 is 1.88 bits per heavy atom. The van der Waals surface area contributed by atoms with Crippen LogP contribution < -0.4 is 22.1 Å². The Morgan fingerprint density at radius 3 is 2.38 bits per heavy atom. The molecule has 2 amide bonds. The van der Waals surface area contributed by atoms with Gasteiger partial charge >= 0.3 is 0 Å². The van der Waals surface area contributed by atoms with Crippen LogP contribution >= 0.6 is 11.8 Å². The van der Waals surface area contributed by atoms with E-state index in [1.807, 2.05) is 24.3 Å². The Balaban J connectivity index is 2.91. The molecule has 0 bridgehead atoms. The molecule has 1 aromatic rings. The molecule has 1 rings (SSSR count). The van der Waals surface area contributed by atoms with E-state index >= 15 is 0 Å². The van der Waals surface area contributed by atoms with Gasteiger partial charge in [0, 0.05) is 25.7 Å². The normalized spacial score (nSPS) is 11.7. The van der Waals surface area contributed by atoms with Gasteiger partial charge in [-0.25, -0.2) is 9.98 Å². The summed E-state index contributed by atoms with van der Waals surface area (Å²) in [5, 5.41) is 5.61. The maximum Gasteiger partial charge on any atom is 0.245 e. The number of guanidine groups is 1. The van der Waals surface area contributed by atoms with Gasteiger partial charge in [-0.15, -0.1) is 0 Å². The summed E-state index contributed by atoms with van der Waals surface area (Å²) >= 11 is 1.30. The number of aliphatic imine (C=N–C) groups is 2. The highest BCUT2D eigenvalue weighted by Crippen LogP contribution is 2.16. The average molecular weight is 376 g/mol. The first kappa shape index (κ1) is 21.2. The van der Waals surface area contributed by atoms with Gasteiger partial charge in [0.05, 0.1) is 5.69 Å². The van der Waals surface area contributed by atoms with Gasteiger partial charge in [-0.05, 0) is 36.8 Å². The van der Waals surface area contributed by atoms with Crippen LogP contribution in [0.4, 0.5) is 5.69 Å². The molecule has 0 aromatic heterocycles. The Bertz CT molecular complexity index is 721. The van der Waals surface area contributed by atoms with Crippen molar-refractivity contribution in [2.45, 2.75) is 19.8 Å². The number of hydrogen-bond acceptors (Lipinski definition) is 5. The van der Waals surface area contributed by atoms with Gasteiger partial charge in [-0.1, -0.05) is 23.9 Å². The summed E-state index contributed by atoms with van der Waals surface area (Å²) in [5.41, 5.74) is 13.0. The highest BCUT2D eigenvalue weighted by molar-refractivity contribution is 8.13. The van der Waals surface area contributed by atoms with Crippen molar-refractivity contribution in [2.24, 2.45) is 21.5 Å². The van der Waals surface area contributed by atoms with Crippen molar-refractivity contribution in [3.63, 3.8) is 0 Å². The maximum atomic E-state index is 11.7. The molecule has 0 saturated carbocycles. The lowest BCUT2D eigenvalue weighted by Crippen LogP contribution is -2.25. The van der Waals surface area contributed by atoms with Crippen molar-refractivity contribution in [2.75, 3.05) is 13.3 Å². The zero-order valence-corrected chi connectivity index (χ0v) is 15.9. The molecule has 1 aromatic carbocycles. The van der Waals surface area contributed by atoms with Crippen LogP contribution in [0.5, 0.6) is 0 Å². The molecule has 0 aliphatic rings. The number of carbonyl (C=O) groups is 2. The van der Waals surface area contributed by atoms with Crippen LogP contribution in [-0.4, -0.2) is 36.2 Å². The van der Waals surface area contributed by atoms with E-state index in [-0.39, 0.29) is 17.8 Å². The number of thioether (sulfide) groups is 1. The monoisotopic (exact) mass is 376 g/mol. The van der Waals surface area contributed by atoms with E-state index in [4.69, 9.17) is 11.5 Å². The van der Waals surface area contributed by atoms with E-state index in [1.165, 1.54) is 24.8 Å². The first-order chi connectivity index (χ1) is 12.3. The lowest BCUT2D eigenvalue weighted by Gasteiger charge is -2.07. The number of amides is 2. The topological polar surface area (TPSA) is 135 Å². The first-order valence-corrected chi connectivity index (χ1v) is 9.07. The Kier molecular flexibility index (Phi) is 8.93. The Hall–Kier alpha value is -2.81. The third kappa shape index (κ3) is 8.34. The summed E-state index contributed by atoms with van der Waals surface area (Å²) in [6.45, 7) is 1.41. The van der Waals surface area contributed by atoms with Crippen molar-refractivity contribution in [1.82, 2.24) is 10.6 Å². The molecule has 0 radical (unpaired) electrons. The predicted molar refractivity (Wildman–Crippen MR) is 107 cm³/mol. The maximum absolute atomic E-state index is 11.7. The number of carbonyl (C=O) groups excluding carboxylic acids is 2. The van der Waals surface area contributed by atoms with E-state index in [9.17, 15) is 9.59 Å². The number of amidine groups is 1. The molecule has 0 aliphatic heterocycles. The summed E-state index contributed by atoms with van der Waals surface area (Å²) in [5.74, 6) is -0.465. The molecule has 6 N–H and O–H groups in total. The molecule has 9 heteroatoms. The van der Waals surface area contributed by atoms with Gasteiger partial charge in [0.2, 0.25) is 11.8 Å². The number of likely N-dealkylation sites (N-methyl/N-ethyl adjacent to an activating group) is 1. The third-order valence-electron chi connectivity index (χ3n) is 3.13. The summed E-state index contributed by atoms with van der Waals surface area (Å²) in [4.78, 5) is 31.3. The third-order valence-corrected chi connectivity index (χ3v) is 3.71. The summed E-state index contributed by atoms with van der Waals surface area (Å²) in [6, 6.07) is 7.44. The zero-order valence-electron chi connectivity index (χ0n) is 15.1. The number of allylic oxidation sites excluding steroid dienone is 1. The van der Waals surface area contributed by atoms with E-state index in [0.29, 0.717) is 29.4 Å². The fraction of sp³-hybridized carbons (Fsp3) is 0.294. The fourth-order valence-electron chi connectivity index (χ4n) is 1.95. The molecule has 0 fully saturated rings. The van der Waals surface area contributed by atoms with Crippen molar-refractivity contribution in [3.8, 4) is 0 Å². The molecule has 26 heavy (non-hydrogen) atoms. The first-order valence-electron chi connectivity index (χ1n) is 7.85. The quantitative estimate of drug-likeness (QED) is 0.334. The van der Waals surface area contributed by atoms with E-state index in [1.54, 1.807) is 13.3 Å². The summed E-state index contributed by atoms with van der Waals surface area (Å²) in [7, 11) is 1.55. The van der Waals surface area contributed by atoms with Gasteiger partial charge in [-0.3, -0.25) is 9.59 Å². The lowest BCUT2D eigenvalue weighted by atomic mass is 10.1. The highest BCUT2D eigenvalue weighted by atomic mass is 32.2. The molecule has 140 valence electrons. The number of rotatable bonds is 6. The number of hydrogen-bond donors (Lipinski definition) is 4. The molecular weight excluding hydrogens is 352 g/mol. The van der Waals surface area contributed by atoms with Crippen LogP contribution in [0.15, 0.2) is 46.0 Å². The van der Waals surface area contributed by atoms with Crippen molar-refractivity contribution < 1.29 is 9.59 Å². The van der Waals surface area contributed by atoms with Gasteiger partial charge in [-0.2, -0.15) is 0 Å². The Morgan fingerprint density at radius 1 is 1.23 bits per heavy atom. The summed E-state index contributed by atoms with van der Waals surface area (Å²) < 4.78 is 0. The molecule has 0 heterocycles. The fourth-order valence-corrected chi connectivity index (χ4v) is 2.40. The second-order valence-electron chi connectivity index (χ2n) is 5.26. The van der Waals surface area contributed by atoms with Gasteiger partial charge in [0.25, 0.3) is 0 Å². The van der Waals surface area contributed by atoms with Gasteiger partial charge in [0.1, 0.15) is 0 Å². The van der Waals surface area contributed by atoms with Crippen molar-refractivity contribution in [3.05, 3.63) is 41.6 Å². The standard InChI is InChI=1S/C17H24N6O2S/c1-11(24)21-17(26-3)23-14(10-15(25)20-2)9-6-12-4-7-13(8-5-12)22-16(18)19/h4-5,7-8,10H,6,9H2,1-3H3,(H,20,25)(H4,18,19,22)(H,21,23,24)/b14-10+. The van der Waals surface area contributed by atoms with Crippen LogP contribution in [0.2, 0.25) is 0 Å². The molecule has 0 spiro atoms. The number of nitrogens with two attached hydrogens (primary N) is 2. The zero-order chi connectivity index (χ0) is 19.5. The minimum absolute atomic E-state index is 0.00505. The van der Waals surface area contributed by atoms with Crippen LogP contribution in [0.3, 0.4) is 0 Å². The molecule has 0 unspecified atom stereocenters. The second-order valence-corrected chi connectivity index (χ2v) is 6.05. The molecule has 0 aliphatic carbocycles. The Labute approximate surface area is 157 Å². The van der Waals surface area contributed by atoms with Crippen molar-refractivity contribution >= 4 is 40.4 Å². The minimum Gasteiger partial charge on any atom is -0.370 e.